The van der Waals surface area contributed by atoms with Gasteiger partial charge in [0.2, 0.25) is 0 Å². The van der Waals surface area contributed by atoms with Gasteiger partial charge in [-0.3, -0.25) is 10.3 Å². The van der Waals surface area contributed by atoms with Gasteiger partial charge < -0.3 is 0 Å². The van der Waals surface area contributed by atoms with Crippen molar-refractivity contribution in [3.63, 3.8) is 0 Å². The van der Waals surface area contributed by atoms with E-state index in [0.29, 0.717) is 22.2 Å². The fraction of sp³-hybridized carbons (Fsp3) is 0. The predicted octanol–water partition coefficient (Wildman–Crippen LogP) is 1.75. The molecule has 0 aromatic carbocycles. The number of nitrogens with one attached hydrogen (secondary N) is 2. The van der Waals surface area contributed by atoms with Crippen LogP contribution in [0.5, 0.6) is 0 Å². The van der Waals surface area contributed by atoms with Crippen molar-refractivity contribution in [3.8, 4) is 0 Å². The van der Waals surface area contributed by atoms with E-state index in [4.69, 9.17) is 10.3 Å². The predicted molar refractivity (Wildman–Crippen MR) is 42.8 cm³/mol. The topological polar surface area (TPSA) is 60.6 Å². The lowest BCUT2D eigenvalue weighted by atomic mass is 10.5. The Morgan fingerprint density at radius 3 is 2.60 bits per heavy atom. The van der Waals surface area contributed by atoms with Gasteiger partial charge in [0.15, 0.2) is 0 Å². The molecule has 10 heavy (non-hydrogen) atoms. The first kappa shape index (κ1) is 7.46. The van der Waals surface area contributed by atoms with E-state index in [1.54, 1.807) is 12.3 Å². The average molecular weight is 169 g/mol. The molecule has 1 aromatic rings. The molecule has 0 saturated heterocycles. The summed E-state index contributed by atoms with van der Waals surface area (Å²) in [5.41, 5.74) is 0.680. The van der Waals surface area contributed by atoms with E-state index in [0.717, 1.165) is 5.30 Å². The van der Waals surface area contributed by atoms with Crippen LogP contribution in [0, 0.1) is 10.3 Å². The molecule has 0 atom stereocenters. The Labute approximate surface area is 61.9 Å². The summed E-state index contributed by atoms with van der Waals surface area (Å²) in [4.78, 5) is 3.94. The summed E-state index contributed by atoms with van der Waals surface area (Å²) < 4.78 is 0. The molecule has 0 saturated carbocycles. The van der Waals surface area contributed by atoms with Crippen LogP contribution in [-0.2, 0) is 0 Å². The summed E-state index contributed by atoms with van der Waals surface area (Å²) in [6.07, 6.45) is 1.64. The van der Waals surface area contributed by atoms with Gasteiger partial charge in [0.25, 0.3) is 0 Å². The summed E-state index contributed by atoms with van der Waals surface area (Å²) in [7, 11) is 0.828. The van der Waals surface area contributed by atoms with E-state index < -0.39 is 0 Å². The number of hydrogen-bond donors (Lipinski definition) is 2. The number of rotatable bonds is 2. The van der Waals surface area contributed by atoms with Crippen molar-refractivity contribution < 1.29 is 0 Å². The van der Waals surface area contributed by atoms with Gasteiger partial charge in [-0.05, 0) is 12.1 Å². The van der Waals surface area contributed by atoms with Crippen LogP contribution in [0.2, 0.25) is 0 Å². The van der Waals surface area contributed by atoms with E-state index in [1.807, 2.05) is 6.07 Å². The molecule has 0 radical (unpaired) electrons. The minimum atomic E-state index is 0.390. The molecule has 3 nitrogen and oxygen atoms in total. The minimum absolute atomic E-state index is 0.390. The van der Waals surface area contributed by atoms with E-state index in [9.17, 15) is 0 Å². The van der Waals surface area contributed by atoms with Crippen LogP contribution < -0.4 is 10.7 Å². The minimum Gasteiger partial charge on any atom is -0.279 e. The summed E-state index contributed by atoms with van der Waals surface area (Å²) in [5, 5.41) is 14.9. The van der Waals surface area contributed by atoms with Crippen LogP contribution in [0.4, 0.5) is 0 Å². The molecule has 5 heteroatoms. The second-order valence-corrected chi connectivity index (χ2v) is 2.92. The lowest BCUT2D eigenvalue weighted by Gasteiger charge is -1.91. The third-order valence-electron chi connectivity index (χ3n) is 0.992. The van der Waals surface area contributed by atoms with Crippen LogP contribution in [0.1, 0.15) is 0 Å². The first-order valence-electron chi connectivity index (χ1n) is 2.58. The third kappa shape index (κ3) is 1.44. The van der Waals surface area contributed by atoms with Gasteiger partial charge >= 0.3 is 0 Å². The highest BCUT2D eigenvalue weighted by molar-refractivity contribution is 7.43. The van der Waals surface area contributed by atoms with Crippen LogP contribution in [0.15, 0.2) is 18.3 Å². The Morgan fingerprint density at radius 1 is 1.30 bits per heavy atom. The molecular formula is C5H5N3P2. The highest BCUT2D eigenvalue weighted by Crippen LogP contribution is 1.97. The quantitative estimate of drug-likeness (QED) is 0.651. The molecule has 0 spiro atoms. The molecule has 0 bridgehead atoms. The second kappa shape index (κ2) is 3.50. The van der Waals surface area contributed by atoms with Gasteiger partial charge in [0.05, 0.1) is 13.7 Å². The summed E-state index contributed by atoms with van der Waals surface area (Å²) in [6, 6.07) is 3.60. The Morgan fingerprint density at radius 2 is 2.10 bits per heavy atom. The van der Waals surface area contributed by atoms with Crippen LogP contribution in [-0.4, -0.2) is 4.98 Å². The maximum absolute atomic E-state index is 7.03. The van der Waals surface area contributed by atoms with Gasteiger partial charge in [-0.1, -0.05) is 0 Å². The number of hydrogen-bond acceptors (Lipinski definition) is 3. The van der Waals surface area contributed by atoms with E-state index in [2.05, 4.69) is 4.98 Å². The third-order valence-corrected chi connectivity index (χ3v) is 2.34. The summed E-state index contributed by atoms with van der Waals surface area (Å²) in [5.74, 6) is 0. The fourth-order valence-corrected chi connectivity index (χ4v) is 1.49. The molecule has 1 heterocycles. The van der Waals surface area contributed by atoms with Crippen LogP contribution in [0.3, 0.4) is 0 Å². The summed E-state index contributed by atoms with van der Waals surface area (Å²) >= 11 is 0. The Kier molecular flexibility index (Phi) is 2.61. The number of nitrogens with zero attached hydrogens (tertiary/aromatic N) is 1. The van der Waals surface area contributed by atoms with Crippen molar-refractivity contribution in [2.75, 3.05) is 0 Å². The van der Waals surface area contributed by atoms with E-state index >= 15 is 0 Å². The highest BCUT2D eigenvalue weighted by Gasteiger charge is 1.95. The highest BCUT2D eigenvalue weighted by atomic mass is 31.1. The Hall–Kier alpha value is -0.650. The number of aromatic nitrogens is 1. The maximum Gasteiger partial charge on any atom is 0.121 e. The van der Waals surface area contributed by atoms with Gasteiger partial charge in [-0.25, -0.2) is 4.98 Å². The molecule has 0 amide bonds. The molecule has 0 aliphatic carbocycles. The van der Waals surface area contributed by atoms with Gasteiger partial charge in [0, 0.05) is 14.6 Å². The van der Waals surface area contributed by atoms with Crippen molar-refractivity contribution in [1.29, 1.82) is 10.3 Å². The lowest BCUT2D eigenvalue weighted by Crippen LogP contribution is -2.14. The number of pyridine rings is 1. The molecule has 50 valence electrons. The second-order valence-electron chi connectivity index (χ2n) is 1.57. The van der Waals surface area contributed by atoms with Crippen molar-refractivity contribution >= 4 is 27.5 Å². The van der Waals surface area contributed by atoms with Crippen molar-refractivity contribution in [2.24, 2.45) is 0 Å². The van der Waals surface area contributed by atoms with Crippen LogP contribution >= 0.6 is 16.7 Å². The SMILES string of the molecule is N=Pc1cccnc1P=N. The van der Waals surface area contributed by atoms with Crippen molar-refractivity contribution in [2.45, 2.75) is 0 Å². The van der Waals surface area contributed by atoms with Crippen molar-refractivity contribution in [3.05, 3.63) is 18.3 Å². The molecule has 2 N–H and O–H groups in total. The molecule has 0 fully saturated rings. The van der Waals surface area contributed by atoms with E-state index in [-0.39, 0.29) is 0 Å². The monoisotopic (exact) mass is 169 g/mol. The van der Waals surface area contributed by atoms with Crippen LogP contribution in [0.25, 0.3) is 0 Å². The Balaban J connectivity index is 3.20. The largest absolute Gasteiger partial charge is 0.279 e. The average Bonchev–Trinajstić information content (AvgIpc) is 2.04. The zero-order valence-corrected chi connectivity index (χ0v) is 6.86. The van der Waals surface area contributed by atoms with Gasteiger partial charge in [-0.2, -0.15) is 0 Å². The van der Waals surface area contributed by atoms with Crippen molar-refractivity contribution in [1.82, 2.24) is 4.98 Å². The molecule has 0 aliphatic heterocycles. The zero-order valence-electron chi connectivity index (χ0n) is 5.07. The standard InChI is InChI=1S/C5H5N3P2/c6-9-4-2-1-3-8-5(4)10-7/h1-3,6-7H. The lowest BCUT2D eigenvalue weighted by molar-refractivity contribution is 1.41. The fourth-order valence-electron chi connectivity index (χ4n) is 0.562. The molecule has 1 rings (SSSR count). The van der Waals surface area contributed by atoms with Gasteiger partial charge in [0.1, 0.15) is 5.44 Å². The molecule has 0 unspecified atom stereocenters. The smallest absolute Gasteiger partial charge is 0.121 e. The zero-order chi connectivity index (χ0) is 7.40. The van der Waals surface area contributed by atoms with Gasteiger partial charge in [-0.15, -0.1) is 0 Å². The normalized spacial score (nSPS) is 10.4. The van der Waals surface area contributed by atoms with E-state index in [1.165, 1.54) is 0 Å². The molecule has 1 aromatic heterocycles. The molecule has 0 aliphatic rings. The first-order valence-corrected chi connectivity index (χ1v) is 4.37. The Bertz CT molecular complexity index is 234. The summed E-state index contributed by atoms with van der Waals surface area (Å²) in [6.45, 7) is 0. The maximum atomic E-state index is 7.03. The first-order chi connectivity index (χ1) is 4.88. The molecular weight excluding hydrogens is 164 g/mol.